The molecule has 0 bridgehead atoms. The number of halogens is 1. The maximum Gasteiger partial charge on any atom is 0.161 e. The number of ketones is 1. The highest BCUT2D eigenvalue weighted by molar-refractivity contribution is 7.14. The Kier molecular flexibility index (Phi) is 5.10. The number of rotatable bonds is 4. The number of ether oxygens (including phenoxy) is 1. The molecular weight excluding hydrogens is 431 g/mol. The number of nitrogens with two attached hydrogens (primary N) is 2. The van der Waals surface area contributed by atoms with Crippen LogP contribution in [0, 0.1) is 5.82 Å². The SMILES string of the molecule is CC(=O)c1cc(-c2ncc(-c3cnn(C4CCCCO4)c3)c3snc(N)c23)c(F)cc1N. The van der Waals surface area contributed by atoms with Crippen molar-refractivity contribution in [3.63, 3.8) is 0 Å². The number of benzene rings is 1. The van der Waals surface area contributed by atoms with Gasteiger partial charge in [0.1, 0.15) is 17.9 Å². The van der Waals surface area contributed by atoms with E-state index in [1.54, 1.807) is 12.4 Å². The Morgan fingerprint density at radius 2 is 2.09 bits per heavy atom. The Balaban J connectivity index is 1.63. The van der Waals surface area contributed by atoms with Crippen LogP contribution >= 0.6 is 11.5 Å². The van der Waals surface area contributed by atoms with Gasteiger partial charge in [-0.25, -0.2) is 9.07 Å². The normalized spacial score (nSPS) is 16.5. The van der Waals surface area contributed by atoms with Gasteiger partial charge in [0.2, 0.25) is 0 Å². The summed E-state index contributed by atoms with van der Waals surface area (Å²) in [6.45, 7) is 2.11. The molecule has 32 heavy (non-hydrogen) atoms. The second-order valence-electron chi connectivity index (χ2n) is 7.80. The second-order valence-corrected chi connectivity index (χ2v) is 8.57. The molecular formula is C22H21FN6O2S. The number of nitrogens with zero attached hydrogens (tertiary/aromatic N) is 4. The third-order valence-corrected chi connectivity index (χ3v) is 6.55. The molecule has 1 aliphatic rings. The molecule has 0 radical (unpaired) electrons. The van der Waals surface area contributed by atoms with Gasteiger partial charge in [0, 0.05) is 46.9 Å². The molecule has 4 heterocycles. The van der Waals surface area contributed by atoms with Crippen molar-refractivity contribution >= 4 is 38.9 Å². The van der Waals surface area contributed by atoms with E-state index in [9.17, 15) is 9.18 Å². The summed E-state index contributed by atoms with van der Waals surface area (Å²) in [6.07, 6.45) is 8.31. The minimum atomic E-state index is -0.582. The van der Waals surface area contributed by atoms with Gasteiger partial charge < -0.3 is 16.2 Å². The summed E-state index contributed by atoms with van der Waals surface area (Å²) < 4.78 is 27.5. The second kappa shape index (κ2) is 7.95. The van der Waals surface area contributed by atoms with Crippen LogP contribution in [-0.4, -0.2) is 31.5 Å². The Hall–Kier alpha value is -3.37. The Bertz CT molecular complexity index is 1340. The summed E-state index contributed by atoms with van der Waals surface area (Å²) in [5.74, 6) is -0.592. The lowest BCUT2D eigenvalue weighted by atomic mass is 9.99. The van der Waals surface area contributed by atoms with E-state index in [-0.39, 0.29) is 34.6 Å². The molecule has 4 aromatic rings. The summed E-state index contributed by atoms with van der Waals surface area (Å²) >= 11 is 1.21. The van der Waals surface area contributed by atoms with Crippen LogP contribution in [0.15, 0.2) is 30.7 Å². The molecule has 1 aromatic carbocycles. The standard InChI is InChI=1S/C22H21FN6O2S/c1-11(30)13-6-14(16(23)7-17(13)24)20-19-21(32-28-22(19)25)15(9-26-20)12-8-27-29(10-12)18-4-2-3-5-31-18/h6-10,18H,2-5,24H2,1H3,(H2,25,28). The summed E-state index contributed by atoms with van der Waals surface area (Å²) in [4.78, 5) is 16.5. The lowest BCUT2D eigenvalue weighted by Gasteiger charge is -2.22. The molecule has 1 unspecified atom stereocenters. The zero-order valence-corrected chi connectivity index (χ0v) is 18.2. The molecule has 1 fully saturated rings. The smallest absolute Gasteiger partial charge is 0.161 e. The van der Waals surface area contributed by atoms with E-state index in [2.05, 4.69) is 14.5 Å². The Morgan fingerprint density at radius 1 is 1.25 bits per heavy atom. The van der Waals surface area contributed by atoms with Gasteiger partial charge >= 0.3 is 0 Å². The molecule has 8 nitrogen and oxygen atoms in total. The third-order valence-electron chi connectivity index (χ3n) is 5.66. The zero-order chi connectivity index (χ0) is 22.4. The van der Waals surface area contributed by atoms with Gasteiger partial charge in [-0.15, -0.1) is 0 Å². The number of Topliss-reactive ketones (excluding diaryl/α,β-unsaturated/α-hetero) is 1. The maximum absolute atomic E-state index is 14.9. The molecule has 10 heteroatoms. The molecule has 3 aromatic heterocycles. The highest BCUT2D eigenvalue weighted by atomic mass is 32.1. The maximum atomic E-state index is 14.9. The Labute approximate surface area is 187 Å². The Morgan fingerprint density at radius 3 is 2.84 bits per heavy atom. The number of carbonyl (C=O) groups excluding carboxylic acids is 1. The van der Waals surface area contributed by atoms with Gasteiger partial charge in [0.05, 0.1) is 22.0 Å². The van der Waals surface area contributed by atoms with Crippen molar-refractivity contribution in [3.8, 4) is 22.4 Å². The summed E-state index contributed by atoms with van der Waals surface area (Å²) in [6, 6.07) is 2.56. The number of hydrogen-bond donors (Lipinski definition) is 2. The van der Waals surface area contributed by atoms with Crippen molar-refractivity contribution in [2.75, 3.05) is 18.1 Å². The fourth-order valence-corrected chi connectivity index (χ4v) is 4.86. The van der Waals surface area contributed by atoms with E-state index in [0.717, 1.165) is 47.8 Å². The number of pyridine rings is 1. The first-order chi connectivity index (χ1) is 15.4. The fourth-order valence-electron chi connectivity index (χ4n) is 4.02. The van der Waals surface area contributed by atoms with Crippen LogP contribution in [0.25, 0.3) is 32.5 Å². The highest BCUT2D eigenvalue weighted by Crippen LogP contribution is 2.40. The number of carbonyl (C=O) groups is 1. The van der Waals surface area contributed by atoms with E-state index in [1.807, 2.05) is 10.9 Å². The minimum absolute atomic E-state index is 0.0828. The van der Waals surface area contributed by atoms with Crippen molar-refractivity contribution in [1.29, 1.82) is 0 Å². The van der Waals surface area contributed by atoms with Crippen LogP contribution in [0.5, 0.6) is 0 Å². The molecule has 0 spiro atoms. The molecule has 1 saturated heterocycles. The van der Waals surface area contributed by atoms with E-state index in [4.69, 9.17) is 16.2 Å². The van der Waals surface area contributed by atoms with Crippen molar-refractivity contribution in [3.05, 3.63) is 42.1 Å². The van der Waals surface area contributed by atoms with Crippen LogP contribution < -0.4 is 11.5 Å². The van der Waals surface area contributed by atoms with Crippen LogP contribution in [0.2, 0.25) is 0 Å². The van der Waals surface area contributed by atoms with E-state index in [0.29, 0.717) is 11.1 Å². The number of anilines is 2. The summed E-state index contributed by atoms with van der Waals surface area (Å²) in [7, 11) is 0. The molecule has 5 rings (SSSR count). The molecule has 1 aliphatic heterocycles. The average Bonchev–Trinajstić information content (AvgIpc) is 3.42. The monoisotopic (exact) mass is 452 g/mol. The lowest BCUT2D eigenvalue weighted by Crippen LogP contribution is -2.18. The molecule has 1 atom stereocenters. The quantitative estimate of drug-likeness (QED) is 0.347. The average molecular weight is 453 g/mol. The topological polar surface area (TPSA) is 122 Å². The minimum Gasteiger partial charge on any atom is -0.398 e. The van der Waals surface area contributed by atoms with Crippen LogP contribution in [-0.2, 0) is 4.74 Å². The van der Waals surface area contributed by atoms with Gasteiger partial charge in [0.15, 0.2) is 5.78 Å². The van der Waals surface area contributed by atoms with Crippen LogP contribution in [0.4, 0.5) is 15.9 Å². The number of nitrogen functional groups attached to an aromatic ring is 2. The zero-order valence-electron chi connectivity index (χ0n) is 17.3. The number of hydrogen-bond acceptors (Lipinski definition) is 8. The van der Waals surface area contributed by atoms with E-state index in [1.165, 1.54) is 24.5 Å². The van der Waals surface area contributed by atoms with Gasteiger partial charge in [-0.3, -0.25) is 9.78 Å². The molecule has 4 N–H and O–H groups in total. The summed E-state index contributed by atoms with van der Waals surface area (Å²) in [5, 5.41) is 5.01. The predicted octanol–water partition coefficient (Wildman–Crippen LogP) is 4.43. The largest absolute Gasteiger partial charge is 0.398 e. The van der Waals surface area contributed by atoms with E-state index < -0.39 is 5.82 Å². The number of fused-ring (bicyclic) bond motifs is 1. The van der Waals surface area contributed by atoms with Gasteiger partial charge in [0.25, 0.3) is 0 Å². The fraction of sp³-hybridized carbons (Fsp3) is 0.273. The first-order valence-corrected chi connectivity index (χ1v) is 11.0. The first-order valence-electron chi connectivity index (χ1n) is 10.2. The van der Waals surface area contributed by atoms with Crippen molar-refractivity contribution < 1.29 is 13.9 Å². The molecule has 164 valence electrons. The van der Waals surface area contributed by atoms with Gasteiger partial charge in [-0.2, -0.15) is 9.47 Å². The molecule has 0 saturated carbocycles. The summed E-state index contributed by atoms with van der Waals surface area (Å²) in [5.41, 5.74) is 14.4. The van der Waals surface area contributed by atoms with E-state index >= 15 is 0 Å². The molecule has 0 amide bonds. The number of aromatic nitrogens is 4. The van der Waals surface area contributed by atoms with Crippen LogP contribution in [0.3, 0.4) is 0 Å². The van der Waals surface area contributed by atoms with Crippen molar-refractivity contribution in [2.24, 2.45) is 0 Å². The predicted molar refractivity (Wildman–Crippen MR) is 122 cm³/mol. The molecule has 0 aliphatic carbocycles. The first kappa shape index (κ1) is 20.5. The highest BCUT2D eigenvalue weighted by Gasteiger charge is 2.22. The van der Waals surface area contributed by atoms with Gasteiger partial charge in [-0.1, -0.05) is 0 Å². The van der Waals surface area contributed by atoms with Gasteiger partial charge in [-0.05, 0) is 49.9 Å². The van der Waals surface area contributed by atoms with Crippen LogP contribution in [0.1, 0.15) is 42.8 Å². The lowest BCUT2D eigenvalue weighted by molar-refractivity contribution is -0.0394. The van der Waals surface area contributed by atoms with Crippen molar-refractivity contribution in [2.45, 2.75) is 32.4 Å². The third kappa shape index (κ3) is 3.41. The van der Waals surface area contributed by atoms with Crippen molar-refractivity contribution in [1.82, 2.24) is 19.1 Å².